The predicted molar refractivity (Wildman–Crippen MR) is 215 cm³/mol. The van der Waals surface area contributed by atoms with Crippen molar-refractivity contribution in [2.75, 3.05) is 78.5 Å². The van der Waals surface area contributed by atoms with E-state index >= 15 is 0 Å². The normalized spacial score (nSPS) is 49.8. The van der Waals surface area contributed by atoms with Crippen LogP contribution in [-0.4, -0.2) is 78.5 Å². The molecule has 16 bridgehead atoms. The molecule has 0 unspecified atom stereocenters. The van der Waals surface area contributed by atoms with Crippen molar-refractivity contribution in [3.05, 3.63) is 0 Å². The van der Waals surface area contributed by atoms with E-state index < -0.39 is 0 Å². The van der Waals surface area contributed by atoms with Gasteiger partial charge < -0.3 is 19.6 Å². The first-order chi connectivity index (χ1) is 25.7. The maximum atomic E-state index is 2.01. The fourth-order valence-electron chi connectivity index (χ4n) is 16.0. The average Bonchev–Trinajstić information content (AvgIpc) is 3.20. The minimum atomic E-state index is 1.05. The van der Waals surface area contributed by atoms with E-state index in [1.807, 2.05) is 19.6 Å². The molecule has 0 aromatic rings. The van der Waals surface area contributed by atoms with Crippen LogP contribution < -0.4 is 19.6 Å². The van der Waals surface area contributed by atoms with Gasteiger partial charge in [-0.25, -0.2) is 0 Å². The maximum Gasteiger partial charge on any atom is 0.0799 e. The minimum Gasteiger partial charge on any atom is -0.335 e. The molecule has 4 aliphatic carbocycles. The lowest BCUT2D eigenvalue weighted by Gasteiger charge is -2.42. The van der Waals surface area contributed by atoms with Crippen LogP contribution in [0.2, 0.25) is 0 Å². The van der Waals surface area contributed by atoms with Gasteiger partial charge in [-0.3, -0.25) is 0 Å². The van der Waals surface area contributed by atoms with Gasteiger partial charge in [-0.1, -0.05) is 0 Å². The Morgan fingerprint density at radius 2 is 0.327 bits per heavy atom. The zero-order valence-electron chi connectivity index (χ0n) is 34.4. The van der Waals surface area contributed by atoms with E-state index in [1.165, 1.54) is 78.5 Å². The molecule has 4 saturated carbocycles. The highest BCUT2D eigenvalue weighted by molar-refractivity contribution is 4.85. The van der Waals surface area contributed by atoms with Crippen LogP contribution in [-0.2, 0) is 0 Å². The quantitative estimate of drug-likeness (QED) is 0.285. The first kappa shape index (κ1) is 37.4. The monoisotopic (exact) mass is 721 g/mol. The standard InChI is InChI=1S/C48H84N4/c1-9-41-10-2-37(1)33-49-25-17-45(18-26-49)46-19-27-51(28-20-46)35-39-5-13-43(14-6-39)44-15-7-40(8-16-44)36-52-31-23-48(24-32-52)47-21-29-50(30-22-47)34-38-3-11-42(41)12-4-38/h37-48H,1-36H2/p+4. The van der Waals surface area contributed by atoms with Crippen LogP contribution in [0.3, 0.4) is 0 Å². The molecule has 30 rings (SSSR count). The number of quaternary nitrogens is 4. The fraction of sp³-hybridized carbons (Fsp3) is 1.00. The van der Waals surface area contributed by atoms with Crippen LogP contribution in [0.1, 0.15) is 154 Å². The zero-order valence-corrected chi connectivity index (χ0v) is 34.4. The molecule has 0 amide bonds. The minimum absolute atomic E-state index is 1.05. The lowest BCUT2D eigenvalue weighted by Crippen LogP contribution is -3.14. The predicted octanol–water partition coefficient (Wildman–Crippen LogP) is 4.41. The summed E-state index contributed by atoms with van der Waals surface area (Å²) in [7, 11) is 0. The molecule has 4 heteroatoms. The van der Waals surface area contributed by atoms with Gasteiger partial charge in [0.2, 0.25) is 0 Å². The number of hydrogen-bond acceptors (Lipinski definition) is 0. The second kappa shape index (κ2) is 18.0. The van der Waals surface area contributed by atoms with Crippen LogP contribution >= 0.6 is 0 Å². The summed E-state index contributed by atoms with van der Waals surface area (Å²) in [5.41, 5.74) is 0. The van der Waals surface area contributed by atoms with Crippen LogP contribution in [0.4, 0.5) is 0 Å². The third kappa shape index (κ3) is 9.50. The molecule has 52 heavy (non-hydrogen) atoms. The Morgan fingerprint density at radius 3 is 0.500 bits per heavy atom. The van der Waals surface area contributed by atoms with Gasteiger partial charge in [0.1, 0.15) is 0 Å². The Bertz CT molecular complexity index is 782. The van der Waals surface area contributed by atoms with E-state index in [4.69, 9.17) is 0 Å². The molecule has 0 atom stereocenters. The summed E-state index contributed by atoms with van der Waals surface area (Å²) < 4.78 is 0. The van der Waals surface area contributed by atoms with Crippen LogP contribution in [0.15, 0.2) is 0 Å². The van der Waals surface area contributed by atoms with E-state index in [2.05, 4.69) is 0 Å². The summed E-state index contributed by atoms with van der Waals surface area (Å²) in [6.07, 6.45) is 37.7. The van der Waals surface area contributed by atoms with E-state index in [-0.39, 0.29) is 0 Å². The van der Waals surface area contributed by atoms with Gasteiger partial charge in [0.05, 0.1) is 78.5 Å². The van der Waals surface area contributed by atoms with Crippen molar-refractivity contribution in [3.8, 4) is 0 Å². The Labute approximate surface area is 322 Å². The molecule has 0 spiro atoms. The lowest BCUT2D eigenvalue weighted by molar-refractivity contribution is -0.913. The molecule has 4 N–H and O–H groups in total. The average molecular weight is 721 g/mol. The van der Waals surface area contributed by atoms with Crippen molar-refractivity contribution in [1.29, 1.82) is 0 Å². The van der Waals surface area contributed by atoms with Gasteiger partial charge in [0.15, 0.2) is 0 Å². The highest BCUT2D eigenvalue weighted by Crippen LogP contribution is 2.43. The van der Waals surface area contributed by atoms with Crippen molar-refractivity contribution in [2.24, 2.45) is 71.0 Å². The first-order valence-corrected chi connectivity index (χ1v) is 25.0. The highest BCUT2D eigenvalue weighted by atomic mass is 15.2. The number of nitrogens with one attached hydrogen (secondary N) is 4. The SMILES string of the molecule is C1CC2CCC1C[NH+]1CCC(CC1)C1CC[NH+](CC1)CC1CCC(CC1)C1CCC(CC1)C[NH+]1CCC(CC1)C1CC[NH+](CC1)CC1CCC2CC1. The Balaban J connectivity index is 0.766. The van der Waals surface area contributed by atoms with Gasteiger partial charge in [0.25, 0.3) is 0 Å². The summed E-state index contributed by atoms with van der Waals surface area (Å²) in [6, 6.07) is 0. The zero-order chi connectivity index (χ0) is 34.7. The molecule has 0 radical (unpaired) electrons. The highest BCUT2D eigenvalue weighted by Gasteiger charge is 2.39. The second-order valence-corrected chi connectivity index (χ2v) is 22.3. The summed E-state index contributed by atoms with van der Waals surface area (Å²) in [5.74, 6) is 12.8. The largest absolute Gasteiger partial charge is 0.335 e. The van der Waals surface area contributed by atoms with Gasteiger partial charge >= 0.3 is 0 Å². The summed E-state index contributed by atoms with van der Waals surface area (Å²) in [4.78, 5) is 8.03. The number of piperidine rings is 4. The van der Waals surface area contributed by atoms with Crippen LogP contribution in [0.5, 0.6) is 0 Å². The van der Waals surface area contributed by atoms with Crippen molar-refractivity contribution in [3.63, 3.8) is 0 Å². The molecule has 26 aliphatic heterocycles. The topological polar surface area (TPSA) is 17.8 Å². The summed E-state index contributed by atoms with van der Waals surface area (Å²) in [5, 5.41) is 0. The number of rotatable bonds is 0. The lowest BCUT2D eigenvalue weighted by atomic mass is 9.69. The Morgan fingerprint density at radius 1 is 0.173 bits per heavy atom. The third-order valence-corrected chi connectivity index (χ3v) is 19.5. The fourth-order valence-corrected chi connectivity index (χ4v) is 16.0. The molecular formula is C48H88N4+4. The molecule has 4 nitrogen and oxygen atoms in total. The van der Waals surface area contributed by atoms with Gasteiger partial charge in [-0.05, 0) is 201 Å². The second-order valence-electron chi connectivity index (χ2n) is 22.3. The third-order valence-electron chi connectivity index (χ3n) is 19.5. The maximum absolute atomic E-state index is 2.01. The smallest absolute Gasteiger partial charge is 0.0799 e. The Kier molecular flexibility index (Phi) is 12.9. The summed E-state index contributed by atoms with van der Waals surface area (Å²) >= 11 is 0. The van der Waals surface area contributed by atoms with Crippen molar-refractivity contribution < 1.29 is 19.6 Å². The summed E-state index contributed by atoms with van der Waals surface area (Å²) in [6.45, 7) is 18.2. The van der Waals surface area contributed by atoms with Crippen molar-refractivity contribution in [2.45, 2.75) is 154 Å². The number of hydrogen-bond donors (Lipinski definition) is 4. The van der Waals surface area contributed by atoms with E-state index in [0.29, 0.717) is 0 Å². The first-order valence-electron chi connectivity index (χ1n) is 25.0. The van der Waals surface area contributed by atoms with Gasteiger partial charge in [-0.2, -0.15) is 0 Å². The van der Waals surface area contributed by atoms with Crippen molar-refractivity contribution >= 4 is 0 Å². The molecule has 30 fully saturated rings. The van der Waals surface area contributed by atoms with Crippen LogP contribution in [0.25, 0.3) is 0 Å². The van der Waals surface area contributed by atoms with Crippen LogP contribution in [0, 0.1) is 71.0 Å². The van der Waals surface area contributed by atoms with Gasteiger partial charge in [0, 0.05) is 23.7 Å². The van der Waals surface area contributed by atoms with E-state index in [1.54, 1.807) is 154 Å². The van der Waals surface area contributed by atoms with E-state index in [9.17, 15) is 0 Å². The molecule has 0 aromatic carbocycles. The Hall–Kier alpha value is -0.160. The molecule has 296 valence electrons. The van der Waals surface area contributed by atoms with Crippen molar-refractivity contribution in [1.82, 2.24) is 0 Å². The molecule has 26 heterocycles. The molecule has 26 saturated heterocycles. The van der Waals surface area contributed by atoms with Gasteiger partial charge in [-0.15, -0.1) is 0 Å². The van der Waals surface area contributed by atoms with E-state index in [0.717, 1.165) is 71.0 Å². The molecule has 30 aliphatic rings. The molecular weight excluding hydrogens is 633 g/mol. The molecule has 0 aromatic heterocycles.